The van der Waals surface area contributed by atoms with Gasteiger partial charge in [-0.15, -0.1) is 0 Å². The van der Waals surface area contributed by atoms with Crippen molar-refractivity contribution in [2.24, 2.45) is 5.73 Å². The van der Waals surface area contributed by atoms with Gasteiger partial charge in [-0.3, -0.25) is 9.48 Å². The molecule has 2 atom stereocenters. The van der Waals surface area contributed by atoms with E-state index in [1.807, 2.05) is 13.8 Å². The molecule has 0 aliphatic carbocycles. The van der Waals surface area contributed by atoms with Crippen LogP contribution in [0.15, 0.2) is 12.4 Å². The second-order valence-corrected chi connectivity index (χ2v) is 4.03. The minimum atomic E-state index is -1.19. The van der Waals surface area contributed by atoms with E-state index in [2.05, 4.69) is 5.10 Å². The number of rotatable bonds is 5. The van der Waals surface area contributed by atoms with Crippen LogP contribution in [-0.4, -0.2) is 32.0 Å². The Kier molecular flexibility index (Phi) is 4.03. The highest BCUT2D eigenvalue weighted by Gasteiger charge is 2.21. The van der Waals surface area contributed by atoms with Gasteiger partial charge in [0.05, 0.1) is 18.7 Å². The Hall–Kier alpha value is -1.40. The van der Waals surface area contributed by atoms with Gasteiger partial charge in [-0.05, 0) is 13.8 Å². The van der Waals surface area contributed by atoms with Crippen molar-refractivity contribution in [2.75, 3.05) is 0 Å². The lowest BCUT2D eigenvalue weighted by Gasteiger charge is -2.14. The van der Waals surface area contributed by atoms with Gasteiger partial charge < -0.3 is 15.9 Å². The predicted molar refractivity (Wildman–Crippen MR) is 57.4 cm³/mol. The van der Waals surface area contributed by atoms with E-state index >= 15 is 0 Å². The number of carbonyl (C=O) groups excluding carboxylic acids is 1. The zero-order chi connectivity index (χ0) is 12.3. The molecule has 2 unspecified atom stereocenters. The normalized spacial score (nSPS) is 15.1. The minimum Gasteiger partial charge on any atom is -0.390 e. The van der Waals surface area contributed by atoms with E-state index < -0.39 is 18.1 Å². The third kappa shape index (κ3) is 3.04. The fourth-order valence-corrected chi connectivity index (χ4v) is 1.33. The molecule has 6 heteroatoms. The second-order valence-electron chi connectivity index (χ2n) is 4.03. The summed E-state index contributed by atoms with van der Waals surface area (Å²) in [5.41, 5.74) is 5.41. The number of amides is 1. The van der Waals surface area contributed by atoms with Crippen molar-refractivity contribution in [3.05, 3.63) is 18.0 Å². The zero-order valence-electron chi connectivity index (χ0n) is 9.37. The summed E-state index contributed by atoms with van der Waals surface area (Å²) in [5, 5.41) is 23.3. The molecule has 4 N–H and O–H groups in total. The van der Waals surface area contributed by atoms with E-state index in [0.29, 0.717) is 5.56 Å². The molecular formula is C10H17N3O3. The Morgan fingerprint density at radius 3 is 2.62 bits per heavy atom. The average molecular weight is 227 g/mol. The van der Waals surface area contributed by atoms with E-state index in [-0.39, 0.29) is 12.5 Å². The molecule has 1 rings (SSSR count). The second kappa shape index (κ2) is 5.09. The summed E-state index contributed by atoms with van der Waals surface area (Å²) in [6, 6.07) is 0.175. The molecule has 0 aliphatic heterocycles. The molecule has 6 nitrogen and oxygen atoms in total. The van der Waals surface area contributed by atoms with Crippen LogP contribution in [0.2, 0.25) is 0 Å². The maximum Gasteiger partial charge on any atom is 0.220 e. The predicted octanol–water partition coefficient (Wildman–Crippen LogP) is -0.266. The van der Waals surface area contributed by atoms with Crippen LogP contribution in [0, 0.1) is 0 Å². The van der Waals surface area contributed by atoms with Crippen LogP contribution in [0.4, 0.5) is 0 Å². The van der Waals surface area contributed by atoms with Gasteiger partial charge in [-0.25, -0.2) is 0 Å². The van der Waals surface area contributed by atoms with Gasteiger partial charge in [0, 0.05) is 17.8 Å². The number of primary amides is 1. The number of aliphatic hydroxyl groups is 2. The lowest BCUT2D eigenvalue weighted by atomic mass is 10.1. The summed E-state index contributed by atoms with van der Waals surface area (Å²) in [6.45, 7) is 3.89. The average Bonchev–Trinajstić information content (AvgIpc) is 2.64. The van der Waals surface area contributed by atoms with E-state index in [0.717, 1.165) is 0 Å². The monoisotopic (exact) mass is 227 g/mol. The number of nitrogens with two attached hydrogens (primary N) is 1. The van der Waals surface area contributed by atoms with Gasteiger partial charge in [0.15, 0.2) is 0 Å². The van der Waals surface area contributed by atoms with E-state index in [1.54, 1.807) is 10.9 Å². The van der Waals surface area contributed by atoms with E-state index in [9.17, 15) is 15.0 Å². The van der Waals surface area contributed by atoms with Crippen molar-refractivity contribution in [3.8, 4) is 0 Å². The summed E-state index contributed by atoms with van der Waals surface area (Å²) in [6.07, 6.45) is 0.505. The van der Waals surface area contributed by atoms with Gasteiger partial charge in [0.1, 0.15) is 6.10 Å². The first-order valence-corrected chi connectivity index (χ1v) is 5.10. The van der Waals surface area contributed by atoms with Crippen LogP contribution >= 0.6 is 0 Å². The molecule has 1 amide bonds. The number of aliphatic hydroxyl groups excluding tert-OH is 2. The van der Waals surface area contributed by atoms with E-state index in [1.165, 1.54) is 6.20 Å². The summed E-state index contributed by atoms with van der Waals surface area (Å²) in [4.78, 5) is 10.6. The first kappa shape index (κ1) is 12.7. The fraction of sp³-hybridized carbons (Fsp3) is 0.600. The largest absolute Gasteiger partial charge is 0.390 e. The highest BCUT2D eigenvalue weighted by Crippen LogP contribution is 2.19. The molecule has 0 spiro atoms. The topological polar surface area (TPSA) is 101 Å². The van der Waals surface area contributed by atoms with Crippen molar-refractivity contribution < 1.29 is 15.0 Å². The van der Waals surface area contributed by atoms with Crippen molar-refractivity contribution in [1.29, 1.82) is 0 Å². The highest BCUT2D eigenvalue weighted by atomic mass is 16.3. The van der Waals surface area contributed by atoms with Gasteiger partial charge in [-0.1, -0.05) is 0 Å². The Balaban J connectivity index is 2.71. The minimum absolute atomic E-state index is 0.175. The number of nitrogens with zero attached hydrogens (tertiary/aromatic N) is 2. The van der Waals surface area contributed by atoms with Gasteiger partial charge in [-0.2, -0.15) is 5.10 Å². The first-order chi connectivity index (χ1) is 7.41. The lowest BCUT2D eigenvalue weighted by Crippen LogP contribution is -2.25. The molecular weight excluding hydrogens is 210 g/mol. The molecule has 16 heavy (non-hydrogen) atoms. The first-order valence-electron chi connectivity index (χ1n) is 5.10. The SMILES string of the molecule is CC(C)n1cc(C(O)C(O)CC(N)=O)cn1. The maximum absolute atomic E-state index is 10.6. The molecule has 0 aliphatic rings. The molecule has 1 aromatic rings. The van der Waals surface area contributed by atoms with Crippen LogP contribution in [0.1, 0.15) is 38.0 Å². The van der Waals surface area contributed by atoms with Crippen LogP contribution in [0.5, 0.6) is 0 Å². The molecule has 0 fully saturated rings. The summed E-state index contributed by atoms with van der Waals surface area (Å²) in [7, 11) is 0. The van der Waals surface area contributed by atoms with Crippen LogP contribution in [0.25, 0.3) is 0 Å². The summed E-state index contributed by atoms with van der Waals surface area (Å²) in [5.74, 6) is -0.650. The zero-order valence-corrected chi connectivity index (χ0v) is 9.37. The third-order valence-corrected chi connectivity index (χ3v) is 2.27. The fourth-order valence-electron chi connectivity index (χ4n) is 1.33. The van der Waals surface area contributed by atoms with Gasteiger partial charge >= 0.3 is 0 Å². The number of hydrogen-bond donors (Lipinski definition) is 3. The number of carbonyl (C=O) groups is 1. The molecule has 0 bridgehead atoms. The molecule has 0 saturated heterocycles. The quantitative estimate of drug-likeness (QED) is 0.644. The smallest absolute Gasteiger partial charge is 0.220 e. The van der Waals surface area contributed by atoms with Gasteiger partial charge in [0.2, 0.25) is 5.91 Å². The Morgan fingerprint density at radius 2 is 2.19 bits per heavy atom. The standard InChI is InChI=1S/C10H17N3O3/c1-6(2)13-5-7(4-12-13)10(16)8(14)3-9(11)15/h4-6,8,10,14,16H,3H2,1-2H3,(H2,11,15). The van der Waals surface area contributed by atoms with Crippen molar-refractivity contribution in [2.45, 2.75) is 38.5 Å². The molecule has 1 heterocycles. The lowest BCUT2D eigenvalue weighted by molar-refractivity contribution is -0.121. The molecule has 1 aromatic heterocycles. The molecule has 0 saturated carbocycles. The Bertz CT molecular complexity index is 362. The summed E-state index contributed by atoms with van der Waals surface area (Å²) >= 11 is 0. The van der Waals surface area contributed by atoms with Crippen LogP contribution in [0.3, 0.4) is 0 Å². The van der Waals surface area contributed by atoms with E-state index in [4.69, 9.17) is 5.73 Å². The number of aromatic nitrogens is 2. The highest BCUT2D eigenvalue weighted by molar-refractivity contribution is 5.74. The van der Waals surface area contributed by atoms with Crippen molar-refractivity contribution in [3.63, 3.8) is 0 Å². The molecule has 90 valence electrons. The third-order valence-electron chi connectivity index (χ3n) is 2.27. The van der Waals surface area contributed by atoms with Crippen LogP contribution in [-0.2, 0) is 4.79 Å². The van der Waals surface area contributed by atoms with Crippen molar-refractivity contribution in [1.82, 2.24) is 9.78 Å². The summed E-state index contributed by atoms with van der Waals surface area (Å²) < 4.78 is 1.66. The Labute approximate surface area is 93.7 Å². The number of hydrogen-bond acceptors (Lipinski definition) is 4. The Morgan fingerprint density at radius 1 is 1.56 bits per heavy atom. The maximum atomic E-state index is 10.6. The molecule has 0 aromatic carbocycles. The molecule has 0 radical (unpaired) electrons. The van der Waals surface area contributed by atoms with Crippen LogP contribution < -0.4 is 5.73 Å². The van der Waals surface area contributed by atoms with Crippen molar-refractivity contribution >= 4 is 5.91 Å². The van der Waals surface area contributed by atoms with Gasteiger partial charge in [0.25, 0.3) is 0 Å².